The Hall–Kier alpha value is -2.57. The van der Waals surface area contributed by atoms with E-state index in [1.807, 2.05) is 0 Å². The minimum absolute atomic E-state index is 0.114. The summed E-state index contributed by atoms with van der Waals surface area (Å²) < 4.78 is 10.9. The molecule has 0 spiro atoms. The van der Waals surface area contributed by atoms with Gasteiger partial charge in [0, 0.05) is 32.1 Å². The van der Waals surface area contributed by atoms with Crippen molar-refractivity contribution in [3.63, 3.8) is 0 Å². The van der Waals surface area contributed by atoms with Crippen molar-refractivity contribution in [3.8, 4) is 0 Å². The van der Waals surface area contributed by atoms with Crippen LogP contribution in [0.5, 0.6) is 0 Å². The molecule has 2 aliphatic rings. The number of hydrogen-bond acceptors (Lipinski definition) is 5. The van der Waals surface area contributed by atoms with Crippen LogP contribution in [-0.4, -0.2) is 52.8 Å². The van der Waals surface area contributed by atoms with Gasteiger partial charge in [-0.15, -0.1) is 0 Å². The lowest BCUT2D eigenvalue weighted by Gasteiger charge is -2.34. The molecule has 7 heteroatoms. The molecule has 0 unspecified atom stereocenters. The number of aryl methyl sites for hydroxylation is 1. The minimum atomic E-state index is -0.137. The molecular formula is C18H21N3O4. The van der Waals surface area contributed by atoms with E-state index in [4.69, 9.17) is 8.83 Å². The van der Waals surface area contributed by atoms with E-state index in [-0.39, 0.29) is 11.8 Å². The highest BCUT2D eigenvalue weighted by molar-refractivity contribution is 5.94. The second kappa shape index (κ2) is 6.38. The number of hydrogen-bond donors (Lipinski definition) is 0. The van der Waals surface area contributed by atoms with Gasteiger partial charge in [-0.05, 0) is 31.9 Å². The number of rotatable bonds is 3. The molecule has 0 atom stereocenters. The molecule has 2 fully saturated rings. The fourth-order valence-electron chi connectivity index (χ4n) is 3.26. The molecule has 1 aliphatic carbocycles. The number of aromatic nitrogens is 1. The van der Waals surface area contributed by atoms with Crippen molar-refractivity contribution in [2.45, 2.75) is 32.1 Å². The van der Waals surface area contributed by atoms with Crippen LogP contribution in [0, 0.1) is 6.92 Å². The Morgan fingerprint density at radius 1 is 1.12 bits per heavy atom. The summed E-state index contributed by atoms with van der Waals surface area (Å²) in [4.78, 5) is 32.9. The standard InChI is InChI=1S/C18H21N3O4/c1-12-15(19-16(25-12)13-4-2-5-13)18(23)21-9-7-20(8-10-21)17(22)14-6-3-11-24-14/h3,6,11,13H,2,4-5,7-10H2,1H3. The summed E-state index contributed by atoms with van der Waals surface area (Å²) in [5.74, 6) is 1.72. The second-order valence-corrected chi connectivity index (χ2v) is 6.65. The Morgan fingerprint density at radius 3 is 2.36 bits per heavy atom. The van der Waals surface area contributed by atoms with Gasteiger partial charge >= 0.3 is 0 Å². The molecule has 1 saturated heterocycles. The van der Waals surface area contributed by atoms with Gasteiger partial charge in [-0.1, -0.05) is 6.42 Å². The number of piperazine rings is 1. The Kier molecular flexibility index (Phi) is 4.07. The van der Waals surface area contributed by atoms with Crippen molar-refractivity contribution in [1.82, 2.24) is 14.8 Å². The van der Waals surface area contributed by atoms with Gasteiger partial charge < -0.3 is 18.6 Å². The molecule has 7 nitrogen and oxygen atoms in total. The van der Waals surface area contributed by atoms with Crippen LogP contribution in [0.3, 0.4) is 0 Å². The Bertz CT molecular complexity index is 768. The quantitative estimate of drug-likeness (QED) is 0.855. The zero-order valence-electron chi connectivity index (χ0n) is 14.2. The van der Waals surface area contributed by atoms with E-state index in [2.05, 4.69) is 4.98 Å². The van der Waals surface area contributed by atoms with Crippen molar-refractivity contribution >= 4 is 11.8 Å². The SMILES string of the molecule is Cc1oc(C2CCC2)nc1C(=O)N1CCN(C(=O)c2ccco2)CC1. The third-order valence-electron chi connectivity index (χ3n) is 5.06. The first-order valence-corrected chi connectivity index (χ1v) is 8.73. The van der Waals surface area contributed by atoms with Crippen LogP contribution < -0.4 is 0 Å². The van der Waals surface area contributed by atoms with Gasteiger partial charge in [-0.2, -0.15) is 0 Å². The number of furan rings is 1. The molecule has 2 amide bonds. The maximum absolute atomic E-state index is 12.7. The van der Waals surface area contributed by atoms with Crippen molar-refractivity contribution < 1.29 is 18.4 Å². The lowest BCUT2D eigenvalue weighted by molar-refractivity contribution is 0.0514. The molecule has 1 saturated carbocycles. The van der Waals surface area contributed by atoms with Gasteiger partial charge in [0.15, 0.2) is 17.3 Å². The van der Waals surface area contributed by atoms with E-state index in [0.29, 0.717) is 55.2 Å². The predicted molar refractivity (Wildman–Crippen MR) is 88.3 cm³/mol. The monoisotopic (exact) mass is 343 g/mol. The van der Waals surface area contributed by atoms with Crippen LogP contribution >= 0.6 is 0 Å². The predicted octanol–water partition coefficient (Wildman–Crippen LogP) is 2.44. The van der Waals surface area contributed by atoms with Crippen LogP contribution in [0.4, 0.5) is 0 Å². The second-order valence-electron chi connectivity index (χ2n) is 6.65. The van der Waals surface area contributed by atoms with Gasteiger partial charge in [0.2, 0.25) is 0 Å². The highest BCUT2D eigenvalue weighted by atomic mass is 16.4. The normalized spacial score (nSPS) is 18.3. The maximum atomic E-state index is 12.7. The Balaban J connectivity index is 1.39. The highest BCUT2D eigenvalue weighted by Crippen LogP contribution is 2.36. The molecule has 0 bridgehead atoms. The lowest BCUT2D eigenvalue weighted by atomic mass is 9.85. The van der Waals surface area contributed by atoms with E-state index >= 15 is 0 Å². The molecule has 0 aromatic carbocycles. The minimum Gasteiger partial charge on any atom is -0.459 e. The highest BCUT2D eigenvalue weighted by Gasteiger charge is 2.31. The van der Waals surface area contributed by atoms with E-state index in [9.17, 15) is 9.59 Å². The molecule has 25 heavy (non-hydrogen) atoms. The van der Waals surface area contributed by atoms with Crippen LogP contribution in [0.25, 0.3) is 0 Å². The van der Waals surface area contributed by atoms with E-state index in [0.717, 1.165) is 12.8 Å². The smallest absolute Gasteiger partial charge is 0.289 e. The van der Waals surface area contributed by atoms with Crippen LogP contribution in [0.15, 0.2) is 27.2 Å². The average Bonchev–Trinajstić information content (AvgIpc) is 3.22. The lowest BCUT2D eigenvalue weighted by Crippen LogP contribution is -2.50. The molecule has 3 heterocycles. The summed E-state index contributed by atoms with van der Waals surface area (Å²) in [6.07, 6.45) is 4.85. The number of amides is 2. The van der Waals surface area contributed by atoms with Crippen molar-refractivity contribution in [2.75, 3.05) is 26.2 Å². The zero-order valence-corrected chi connectivity index (χ0v) is 14.2. The van der Waals surface area contributed by atoms with Gasteiger partial charge in [-0.3, -0.25) is 9.59 Å². The summed E-state index contributed by atoms with van der Waals surface area (Å²) in [5, 5.41) is 0. The number of oxazole rings is 1. The molecule has 2 aromatic rings. The van der Waals surface area contributed by atoms with Gasteiger partial charge in [0.1, 0.15) is 5.76 Å². The summed E-state index contributed by atoms with van der Waals surface area (Å²) in [5.41, 5.74) is 0.410. The fraction of sp³-hybridized carbons (Fsp3) is 0.500. The van der Waals surface area contributed by atoms with Crippen molar-refractivity contribution in [1.29, 1.82) is 0 Å². The van der Waals surface area contributed by atoms with Crippen LogP contribution in [-0.2, 0) is 0 Å². The van der Waals surface area contributed by atoms with E-state index < -0.39 is 0 Å². The Labute approximate surface area is 145 Å². The van der Waals surface area contributed by atoms with Gasteiger partial charge in [0.25, 0.3) is 11.8 Å². The van der Waals surface area contributed by atoms with Gasteiger partial charge in [-0.25, -0.2) is 4.98 Å². The molecule has 0 radical (unpaired) electrons. The zero-order chi connectivity index (χ0) is 17.4. The van der Waals surface area contributed by atoms with Crippen LogP contribution in [0.1, 0.15) is 57.9 Å². The van der Waals surface area contributed by atoms with Crippen molar-refractivity contribution in [2.24, 2.45) is 0 Å². The van der Waals surface area contributed by atoms with Crippen LogP contribution in [0.2, 0.25) is 0 Å². The number of carbonyl (C=O) groups excluding carboxylic acids is 2. The third-order valence-corrected chi connectivity index (χ3v) is 5.06. The molecule has 132 valence electrons. The molecule has 1 aliphatic heterocycles. The summed E-state index contributed by atoms with van der Waals surface area (Å²) in [7, 11) is 0. The summed E-state index contributed by atoms with van der Waals surface area (Å²) in [6, 6.07) is 3.35. The Morgan fingerprint density at radius 2 is 1.80 bits per heavy atom. The summed E-state index contributed by atoms with van der Waals surface area (Å²) in [6.45, 7) is 3.72. The largest absolute Gasteiger partial charge is 0.459 e. The first-order chi connectivity index (χ1) is 12.1. The summed E-state index contributed by atoms with van der Waals surface area (Å²) >= 11 is 0. The molecule has 2 aromatic heterocycles. The fourth-order valence-corrected chi connectivity index (χ4v) is 3.26. The molecular weight excluding hydrogens is 322 g/mol. The number of nitrogens with zero attached hydrogens (tertiary/aromatic N) is 3. The van der Waals surface area contributed by atoms with Gasteiger partial charge in [0.05, 0.1) is 6.26 Å². The van der Waals surface area contributed by atoms with Crippen molar-refractivity contribution in [3.05, 3.63) is 41.5 Å². The molecule has 4 rings (SSSR count). The third kappa shape index (κ3) is 2.94. The first kappa shape index (κ1) is 15.9. The maximum Gasteiger partial charge on any atom is 0.289 e. The van der Waals surface area contributed by atoms with E-state index in [1.54, 1.807) is 28.9 Å². The molecule has 0 N–H and O–H groups in total. The average molecular weight is 343 g/mol. The van der Waals surface area contributed by atoms with E-state index in [1.165, 1.54) is 12.7 Å². The number of carbonyl (C=O) groups is 2. The topological polar surface area (TPSA) is 79.8 Å². The first-order valence-electron chi connectivity index (χ1n) is 8.73.